The Morgan fingerprint density at radius 1 is 0.375 bits per heavy atom. The molecule has 1 aliphatic heterocycles. The van der Waals surface area contributed by atoms with Crippen molar-refractivity contribution < 1.29 is 39.8 Å². The number of carbonyl (C=O) groups excluding carboxylic acids is 1. The Kier molecular flexibility index (Phi) is 59.1. The Hall–Kier alpha value is -0.810. The van der Waals surface area contributed by atoms with E-state index >= 15 is 0 Å². The highest BCUT2D eigenvalue weighted by molar-refractivity contribution is 5.76. The van der Waals surface area contributed by atoms with Crippen molar-refractivity contribution in [2.24, 2.45) is 0 Å². The molecule has 80 heavy (non-hydrogen) atoms. The zero-order valence-electron chi connectivity index (χ0n) is 53.6. The molecule has 7 atom stereocenters. The standard InChI is InChI=1S/C71H141NO8/c1-3-5-7-9-11-13-15-17-19-21-22-23-24-25-26-27-28-29-30-31-32-33-34-35-36-37-38-39-40-41-42-43-44-45-47-49-51-53-55-57-59-61-67(75)72-64(63-79-71-70(78)69(77)68(76)66(62-73)80-71)65(74)60-58-56-54-52-50-48-46-20-18-16-14-12-10-8-6-4-2/h64-66,68-71,73-74,76-78H,3-63H2,1-2H3,(H,72,75). The Bertz CT molecular complexity index is 1220. The summed E-state index contributed by atoms with van der Waals surface area (Å²) < 4.78 is 11.3. The maximum atomic E-state index is 13.1. The summed E-state index contributed by atoms with van der Waals surface area (Å²) >= 11 is 0. The summed E-state index contributed by atoms with van der Waals surface area (Å²) in [7, 11) is 0. The number of amides is 1. The highest BCUT2D eigenvalue weighted by Gasteiger charge is 2.44. The number of aliphatic hydroxyl groups is 5. The second-order valence-electron chi connectivity index (χ2n) is 25.8. The van der Waals surface area contributed by atoms with Crippen molar-refractivity contribution in [2.75, 3.05) is 13.2 Å². The van der Waals surface area contributed by atoms with Gasteiger partial charge in [-0.2, -0.15) is 0 Å². The maximum absolute atomic E-state index is 13.1. The van der Waals surface area contributed by atoms with Crippen LogP contribution in [0.15, 0.2) is 0 Å². The van der Waals surface area contributed by atoms with Crippen molar-refractivity contribution >= 4 is 5.91 Å². The van der Waals surface area contributed by atoms with Crippen LogP contribution in [0.2, 0.25) is 0 Å². The third kappa shape index (κ3) is 49.5. The van der Waals surface area contributed by atoms with Gasteiger partial charge in [0, 0.05) is 6.42 Å². The van der Waals surface area contributed by atoms with Crippen LogP contribution in [0.4, 0.5) is 0 Å². The van der Waals surface area contributed by atoms with Crippen molar-refractivity contribution in [3.05, 3.63) is 0 Å². The Morgan fingerprint density at radius 2 is 0.625 bits per heavy atom. The summed E-state index contributed by atoms with van der Waals surface area (Å²) in [5.74, 6) is -0.134. The van der Waals surface area contributed by atoms with Gasteiger partial charge in [0.1, 0.15) is 24.4 Å². The molecule has 0 aromatic heterocycles. The van der Waals surface area contributed by atoms with E-state index in [1.165, 1.54) is 327 Å². The van der Waals surface area contributed by atoms with E-state index in [1.54, 1.807) is 0 Å². The van der Waals surface area contributed by atoms with Gasteiger partial charge in [-0.25, -0.2) is 0 Å². The lowest BCUT2D eigenvalue weighted by molar-refractivity contribution is -0.302. The topological polar surface area (TPSA) is 149 Å². The lowest BCUT2D eigenvalue weighted by Gasteiger charge is -2.40. The predicted octanol–water partition coefficient (Wildman–Crippen LogP) is 19.7. The molecule has 0 saturated carbocycles. The first-order valence-corrected chi connectivity index (χ1v) is 36.2. The second kappa shape index (κ2) is 61.3. The van der Waals surface area contributed by atoms with Crippen LogP contribution in [0.5, 0.6) is 0 Å². The summed E-state index contributed by atoms with van der Waals surface area (Å²) in [5, 5.41) is 54.8. The average molecular weight is 1140 g/mol. The molecule has 6 N–H and O–H groups in total. The molecule has 0 aliphatic carbocycles. The molecule has 0 radical (unpaired) electrons. The highest BCUT2D eigenvalue weighted by Crippen LogP contribution is 2.24. The first kappa shape index (κ1) is 77.2. The zero-order valence-corrected chi connectivity index (χ0v) is 53.6. The van der Waals surface area contributed by atoms with E-state index < -0.39 is 49.5 Å². The van der Waals surface area contributed by atoms with Crippen molar-refractivity contribution in [2.45, 2.75) is 436 Å². The predicted molar refractivity (Wildman–Crippen MR) is 341 cm³/mol. The molecular weight excluding hydrogens is 995 g/mol. The Balaban J connectivity index is 1.98. The molecule has 9 nitrogen and oxygen atoms in total. The van der Waals surface area contributed by atoms with Gasteiger partial charge in [-0.05, 0) is 12.8 Å². The van der Waals surface area contributed by atoms with Crippen LogP contribution < -0.4 is 5.32 Å². The zero-order chi connectivity index (χ0) is 57.9. The van der Waals surface area contributed by atoms with Crippen LogP contribution in [-0.2, 0) is 14.3 Å². The Morgan fingerprint density at radius 3 is 0.887 bits per heavy atom. The van der Waals surface area contributed by atoms with Gasteiger partial charge in [-0.3, -0.25) is 4.79 Å². The first-order chi connectivity index (χ1) is 39.3. The number of hydrogen-bond donors (Lipinski definition) is 6. The van der Waals surface area contributed by atoms with E-state index in [0.29, 0.717) is 12.8 Å². The number of rotatable bonds is 65. The largest absolute Gasteiger partial charge is 0.394 e. The summed E-state index contributed by atoms with van der Waals surface area (Å²) in [5.41, 5.74) is 0. The van der Waals surface area contributed by atoms with Gasteiger partial charge >= 0.3 is 0 Å². The molecule has 0 bridgehead atoms. The fourth-order valence-electron chi connectivity index (χ4n) is 12.3. The number of aliphatic hydroxyl groups excluding tert-OH is 5. The normalized spacial score (nSPS) is 18.3. The number of nitrogens with one attached hydrogen (secondary N) is 1. The number of ether oxygens (including phenoxy) is 2. The fraction of sp³-hybridized carbons (Fsp3) is 0.986. The van der Waals surface area contributed by atoms with E-state index in [2.05, 4.69) is 19.2 Å². The quantitative estimate of drug-likeness (QED) is 0.0330. The molecule has 1 amide bonds. The molecule has 0 aromatic carbocycles. The smallest absolute Gasteiger partial charge is 0.220 e. The van der Waals surface area contributed by atoms with Crippen LogP contribution in [0.3, 0.4) is 0 Å². The van der Waals surface area contributed by atoms with Crippen LogP contribution in [0.25, 0.3) is 0 Å². The van der Waals surface area contributed by atoms with E-state index in [1.807, 2.05) is 0 Å². The van der Waals surface area contributed by atoms with Crippen molar-refractivity contribution in [1.29, 1.82) is 0 Å². The minimum atomic E-state index is -1.55. The summed E-state index contributed by atoms with van der Waals surface area (Å²) in [4.78, 5) is 13.1. The molecule has 1 aliphatic rings. The minimum absolute atomic E-state index is 0.131. The molecule has 1 heterocycles. The van der Waals surface area contributed by atoms with Crippen molar-refractivity contribution in [3.63, 3.8) is 0 Å². The van der Waals surface area contributed by atoms with Gasteiger partial charge in [-0.15, -0.1) is 0 Å². The molecule has 1 saturated heterocycles. The molecule has 478 valence electrons. The third-order valence-corrected chi connectivity index (χ3v) is 18.0. The molecule has 0 aromatic rings. The molecule has 9 heteroatoms. The van der Waals surface area contributed by atoms with Gasteiger partial charge < -0.3 is 40.3 Å². The molecular formula is C71H141NO8. The summed E-state index contributed by atoms with van der Waals surface area (Å²) in [6, 6.07) is -0.714. The average Bonchev–Trinajstić information content (AvgIpc) is 3.46. The summed E-state index contributed by atoms with van der Waals surface area (Å²) in [6.45, 7) is 3.90. The van der Waals surface area contributed by atoms with Gasteiger partial charge in [0.15, 0.2) is 6.29 Å². The second-order valence-corrected chi connectivity index (χ2v) is 25.8. The van der Waals surface area contributed by atoms with Crippen LogP contribution in [-0.4, -0.2) is 87.5 Å². The lowest BCUT2D eigenvalue weighted by Crippen LogP contribution is -2.60. The maximum Gasteiger partial charge on any atom is 0.220 e. The van der Waals surface area contributed by atoms with Gasteiger partial charge in [0.05, 0.1) is 25.4 Å². The molecule has 1 fully saturated rings. The van der Waals surface area contributed by atoms with Crippen LogP contribution in [0, 0.1) is 0 Å². The fourth-order valence-corrected chi connectivity index (χ4v) is 12.3. The van der Waals surface area contributed by atoms with Crippen molar-refractivity contribution in [3.8, 4) is 0 Å². The molecule has 0 spiro atoms. The van der Waals surface area contributed by atoms with Crippen LogP contribution >= 0.6 is 0 Å². The SMILES string of the molecule is CCCCCCCCCCCCCCCCCCCCCCCCCCCCCCCCCCCCCCCCCCCC(=O)NC(COC1OC(CO)C(O)C(O)C1O)C(O)CCCCCCCCCCCCCCCCCC. The van der Waals surface area contributed by atoms with Crippen molar-refractivity contribution in [1.82, 2.24) is 5.32 Å². The third-order valence-electron chi connectivity index (χ3n) is 18.0. The molecule has 1 rings (SSSR count). The number of hydrogen-bond acceptors (Lipinski definition) is 8. The number of unbranched alkanes of at least 4 members (excludes halogenated alkanes) is 55. The van der Waals surface area contributed by atoms with E-state index in [-0.39, 0.29) is 12.5 Å². The van der Waals surface area contributed by atoms with E-state index in [0.717, 1.165) is 38.5 Å². The van der Waals surface area contributed by atoms with Gasteiger partial charge in [0.2, 0.25) is 5.91 Å². The van der Waals surface area contributed by atoms with Gasteiger partial charge in [0.25, 0.3) is 0 Å². The minimum Gasteiger partial charge on any atom is -0.394 e. The Labute approximate surface area is 497 Å². The monoisotopic (exact) mass is 1140 g/mol. The van der Waals surface area contributed by atoms with Gasteiger partial charge in [-0.1, -0.05) is 373 Å². The first-order valence-electron chi connectivity index (χ1n) is 36.2. The molecule has 7 unspecified atom stereocenters. The van der Waals surface area contributed by atoms with E-state index in [4.69, 9.17) is 9.47 Å². The highest BCUT2D eigenvalue weighted by atomic mass is 16.7. The summed E-state index contributed by atoms with van der Waals surface area (Å²) in [6.07, 6.45) is 70.7. The number of carbonyl (C=O) groups is 1. The van der Waals surface area contributed by atoms with E-state index in [9.17, 15) is 30.3 Å². The van der Waals surface area contributed by atoms with Crippen LogP contribution in [0.1, 0.15) is 393 Å². The lowest BCUT2D eigenvalue weighted by atomic mass is 9.99.